The van der Waals surface area contributed by atoms with Gasteiger partial charge in [-0.3, -0.25) is 4.79 Å². The molecule has 1 aliphatic heterocycles. The summed E-state index contributed by atoms with van der Waals surface area (Å²) in [6.45, 7) is 3.36. The molecular weight excluding hydrogens is 268 g/mol. The van der Waals surface area contributed by atoms with Crippen molar-refractivity contribution in [1.82, 2.24) is 10.2 Å². The van der Waals surface area contributed by atoms with E-state index >= 15 is 0 Å². The monoisotopic (exact) mass is 288 g/mol. The third-order valence-electron chi connectivity index (χ3n) is 3.18. The van der Waals surface area contributed by atoms with Gasteiger partial charge in [-0.15, -0.1) is 11.8 Å². The Morgan fingerprint density at radius 2 is 1.90 bits per heavy atom. The van der Waals surface area contributed by atoms with Crippen LogP contribution in [-0.4, -0.2) is 43.2 Å². The van der Waals surface area contributed by atoms with Crippen LogP contribution in [-0.2, 0) is 4.79 Å². The number of piperazine rings is 1. The SMILES string of the molecule is CSc1ccc(/C=C/C=C/C(=O)N2CCNCC2)cc1. The van der Waals surface area contributed by atoms with Gasteiger partial charge in [0, 0.05) is 37.2 Å². The van der Waals surface area contributed by atoms with Crippen LogP contribution in [0.5, 0.6) is 0 Å². The van der Waals surface area contributed by atoms with Crippen molar-refractivity contribution in [2.75, 3.05) is 32.4 Å². The second-order valence-electron chi connectivity index (χ2n) is 4.57. The van der Waals surface area contributed by atoms with Gasteiger partial charge in [-0.25, -0.2) is 0 Å². The molecule has 0 saturated carbocycles. The first-order chi connectivity index (χ1) is 9.79. The molecule has 1 aromatic rings. The van der Waals surface area contributed by atoms with Gasteiger partial charge in [0.2, 0.25) is 5.91 Å². The Bertz CT molecular complexity index is 488. The summed E-state index contributed by atoms with van der Waals surface area (Å²) in [5, 5.41) is 3.23. The van der Waals surface area contributed by atoms with Crippen LogP contribution in [0.4, 0.5) is 0 Å². The highest BCUT2D eigenvalue weighted by molar-refractivity contribution is 7.98. The molecule has 0 aliphatic carbocycles. The second kappa shape index (κ2) is 7.92. The van der Waals surface area contributed by atoms with Crippen LogP contribution >= 0.6 is 11.8 Å². The van der Waals surface area contributed by atoms with Gasteiger partial charge in [0.25, 0.3) is 0 Å². The molecule has 1 aliphatic rings. The van der Waals surface area contributed by atoms with E-state index in [4.69, 9.17) is 0 Å². The number of nitrogens with one attached hydrogen (secondary N) is 1. The van der Waals surface area contributed by atoms with Crippen LogP contribution < -0.4 is 5.32 Å². The van der Waals surface area contributed by atoms with E-state index in [-0.39, 0.29) is 5.91 Å². The molecule has 1 saturated heterocycles. The molecule has 0 bridgehead atoms. The van der Waals surface area contributed by atoms with Crippen molar-refractivity contribution in [1.29, 1.82) is 0 Å². The van der Waals surface area contributed by atoms with Gasteiger partial charge in [0.05, 0.1) is 0 Å². The van der Waals surface area contributed by atoms with Crippen LogP contribution in [0.3, 0.4) is 0 Å². The molecule has 3 nitrogen and oxygen atoms in total. The lowest BCUT2D eigenvalue weighted by Gasteiger charge is -2.26. The number of hydrogen-bond donors (Lipinski definition) is 1. The zero-order chi connectivity index (χ0) is 14.2. The zero-order valence-electron chi connectivity index (χ0n) is 11.7. The predicted octanol–water partition coefficient (Wildman–Crippen LogP) is 2.41. The number of thioether (sulfide) groups is 1. The third kappa shape index (κ3) is 4.54. The fraction of sp³-hybridized carbons (Fsp3) is 0.312. The quantitative estimate of drug-likeness (QED) is 0.524. The van der Waals surface area contributed by atoms with E-state index in [1.165, 1.54) is 4.90 Å². The molecule has 1 fully saturated rings. The van der Waals surface area contributed by atoms with Crippen molar-refractivity contribution in [2.45, 2.75) is 4.90 Å². The highest BCUT2D eigenvalue weighted by Gasteiger charge is 2.12. The van der Waals surface area contributed by atoms with Gasteiger partial charge in [0.1, 0.15) is 0 Å². The minimum absolute atomic E-state index is 0.0916. The molecule has 1 heterocycles. The van der Waals surface area contributed by atoms with Crippen molar-refractivity contribution in [3.8, 4) is 0 Å². The highest BCUT2D eigenvalue weighted by Crippen LogP contribution is 2.15. The molecule has 2 rings (SSSR count). The summed E-state index contributed by atoms with van der Waals surface area (Å²) in [6.07, 6.45) is 9.43. The molecule has 1 amide bonds. The Morgan fingerprint density at radius 1 is 1.20 bits per heavy atom. The molecule has 20 heavy (non-hydrogen) atoms. The summed E-state index contributed by atoms with van der Waals surface area (Å²) in [4.78, 5) is 15.0. The van der Waals surface area contributed by atoms with Crippen LogP contribution in [0.15, 0.2) is 47.4 Å². The van der Waals surface area contributed by atoms with Crippen LogP contribution in [0.2, 0.25) is 0 Å². The maximum Gasteiger partial charge on any atom is 0.246 e. The van der Waals surface area contributed by atoms with Crippen molar-refractivity contribution >= 4 is 23.7 Å². The molecule has 0 aromatic heterocycles. The molecule has 1 aromatic carbocycles. The van der Waals surface area contributed by atoms with E-state index in [1.807, 2.05) is 23.1 Å². The van der Waals surface area contributed by atoms with Crippen LogP contribution in [0.25, 0.3) is 6.08 Å². The molecule has 0 spiro atoms. The number of benzene rings is 1. The standard InChI is InChI=1S/C16H20N2OS/c1-20-15-8-6-14(7-9-15)4-2-3-5-16(19)18-12-10-17-11-13-18/h2-9,17H,10-13H2,1H3/b4-2+,5-3+. The molecule has 106 valence electrons. The lowest BCUT2D eigenvalue weighted by Crippen LogP contribution is -2.45. The summed E-state index contributed by atoms with van der Waals surface area (Å²) >= 11 is 1.73. The number of nitrogens with zero attached hydrogens (tertiary/aromatic N) is 1. The average molecular weight is 288 g/mol. The number of carbonyl (C=O) groups is 1. The number of allylic oxidation sites excluding steroid dienone is 2. The molecule has 1 N–H and O–H groups in total. The maximum absolute atomic E-state index is 11.9. The van der Waals surface area contributed by atoms with Gasteiger partial charge in [-0.2, -0.15) is 0 Å². The molecule has 0 unspecified atom stereocenters. The van der Waals surface area contributed by atoms with Crippen molar-refractivity contribution < 1.29 is 4.79 Å². The Labute approximate surface area is 124 Å². The first kappa shape index (κ1) is 14.9. The highest BCUT2D eigenvalue weighted by atomic mass is 32.2. The van der Waals surface area contributed by atoms with Gasteiger partial charge in [-0.05, 0) is 24.0 Å². The summed E-state index contributed by atoms with van der Waals surface area (Å²) in [7, 11) is 0. The van der Waals surface area contributed by atoms with Crippen molar-refractivity contribution in [3.05, 3.63) is 48.1 Å². The minimum atomic E-state index is 0.0916. The normalized spacial score (nSPS) is 16.1. The summed E-state index contributed by atoms with van der Waals surface area (Å²) < 4.78 is 0. The third-order valence-corrected chi connectivity index (χ3v) is 3.93. The Kier molecular flexibility index (Phi) is 5.89. The minimum Gasteiger partial charge on any atom is -0.337 e. The Morgan fingerprint density at radius 3 is 2.55 bits per heavy atom. The van der Waals surface area contributed by atoms with E-state index in [2.05, 4.69) is 35.8 Å². The molecule has 4 heteroatoms. The molecule has 0 radical (unpaired) electrons. The van der Waals surface area contributed by atoms with E-state index < -0.39 is 0 Å². The van der Waals surface area contributed by atoms with Gasteiger partial charge in [0.15, 0.2) is 0 Å². The topological polar surface area (TPSA) is 32.3 Å². The second-order valence-corrected chi connectivity index (χ2v) is 5.45. The van der Waals surface area contributed by atoms with E-state index in [0.29, 0.717) is 0 Å². The maximum atomic E-state index is 11.9. The predicted molar refractivity (Wildman–Crippen MR) is 85.8 cm³/mol. The van der Waals surface area contributed by atoms with Gasteiger partial charge >= 0.3 is 0 Å². The van der Waals surface area contributed by atoms with E-state index in [0.717, 1.165) is 31.7 Å². The summed E-state index contributed by atoms with van der Waals surface area (Å²) in [5.41, 5.74) is 1.14. The fourth-order valence-corrected chi connectivity index (χ4v) is 2.42. The zero-order valence-corrected chi connectivity index (χ0v) is 12.5. The first-order valence-corrected chi connectivity index (χ1v) is 8.00. The van der Waals surface area contributed by atoms with Gasteiger partial charge < -0.3 is 10.2 Å². The molecule has 0 atom stereocenters. The summed E-state index contributed by atoms with van der Waals surface area (Å²) in [5.74, 6) is 0.0916. The van der Waals surface area contributed by atoms with Gasteiger partial charge in [-0.1, -0.05) is 30.4 Å². The number of hydrogen-bond acceptors (Lipinski definition) is 3. The van der Waals surface area contributed by atoms with E-state index in [1.54, 1.807) is 17.8 Å². The largest absolute Gasteiger partial charge is 0.337 e. The summed E-state index contributed by atoms with van der Waals surface area (Å²) in [6, 6.07) is 8.35. The Balaban J connectivity index is 1.84. The van der Waals surface area contributed by atoms with Crippen molar-refractivity contribution in [2.24, 2.45) is 0 Å². The first-order valence-electron chi connectivity index (χ1n) is 6.78. The van der Waals surface area contributed by atoms with Crippen LogP contribution in [0.1, 0.15) is 5.56 Å². The average Bonchev–Trinajstić information content (AvgIpc) is 2.53. The van der Waals surface area contributed by atoms with E-state index in [9.17, 15) is 4.79 Å². The lowest BCUT2D eigenvalue weighted by atomic mass is 10.2. The number of amides is 1. The van der Waals surface area contributed by atoms with Crippen molar-refractivity contribution in [3.63, 3.8) is 0 Å². The van der Waals surface area contributed by atoms with Crippen LogP contribution in [0, 0.1) is 0 Å². The lowest BCUT2D eigenvalue weighted by molar-refractivity contribution is -0.126. The smallest absolute Gasteiger partial charge is 0.246 e. The number of rotatable bonds is 4. The molecular formula is C16H20N2OS. The fourth-order valence-electron chi connectivity index (χ4n) is 2.01. The Hall–Kier alpha value is -1.52. The number of carbonyl (C=O) groups excluding carboxylic acids is 1.